The second kappa shape index (κ2) is 2.75. The third-order valence-corrected chi connectivity index (χ3v) is 2.85. The third kappa shape index (κ3) is 1.85. The first kappa shape index (κ1) is 7.81. The SMILES string of the molecule is C#CC1CCCP(=O)(O)O1. The highest BCUT2D eigenvalue weighted by Gasteiger charge is 2.28. The van der Waals surface area contributed by atoms with Crippen LogP contribution in [0, 0.1) is 12.3 Å². The molecular formula is C6H9O3P. The van der Waals surface area contributed by atoms with Crippen molar-refractivity contribution >= 4 is 7.60 Å². The van der Waals surface area contributed by atoms with Gasteiger partial charge in [0.05, 0.1) is 6.16 Å². The fourth-order valence-electron chi connectivity index (χ4n) is 0.894. The molecule has 0 spiro atoms. The zero-order valence-corrected chi connectivity index (χ0v) is 6.38. The van der Waals surface area contributed by atoms with Gasteiger partial charge in [0.25, 0.3) is 0 Å². The van der Waals surface area contributed by atoms with Crippen LogP contribution in [-0.4, -0.2) is 17.2 Å². The van der Waals surface area contributed by atoms with Crippen LogP contribution >= 0.6 is 7.60 Å². The normalized spacial score (nSPS) is 40.6. The van der Waals surface area contributed by atoms with E-state index in [1.54, 1.807) is 0 Å². The maximum Gasteiger partial charge on any atom is 0.329 e. The van der Waals surface area contributed by atoms with Crippen molar-refractivity contribution in [3.8, 4) is 12.3 Å². The standard InChI is InChI=1S/C6H9O3P/c1-2-6-4-3-5-10(7,8)9-6/h1,6H,3-5H2,(H,7,8). The van der Waals surface area contributed by atoms with Crippen LogP contribution < -0.4 is 0 Å². The Balaban J connectivity index is 2.58. The fourth-order valence-corrected chi connectivity index (χ4v) is 2.15. The Bertz CT molecular complexity index is 206. The van der Waals surface area contributed by atoms with Gasteiger partial charge in [0.2, 0.25) is 0 Å². The van der Waals surface area contributed by atoms with Crippen LogP contribution in [-0.2, 0) is 9.09 Å². The molecule has 1 saturated heterocycles. The second-order valence-electron chi connectivity index (χ2n) is 2.26. The van der Waals surface area contributed by atoms with Crippen LogP contribution in [0.1, 0.15) is 12.8 Å². The van der Waals surface area contributed by atoms with Crippen molar-refractivity contribution in [1.29, 1.82) is 0 Å². The summed E-state index contributed by atoms with van der Waals surface area (Å²) < 4.78 is 15.5. The topological polar surface area (TPSA) is 46.5 Å². The van der Waals surface area contributed by atoms with Gasteiger partial charge in [-0.3, -0.25) is 9.09 Å². The first-order valence-corrected chi connectivity index (χ1v) is 4.87. The molecule has 1 N–H and O–H groups in total. The molecule has 0 saturated carbocycles. The van der Waals surface area contributed by atoms with Crippen LogP contribution in [0.15, 0.2) is 0 Å². The minimum absolute atomic E-state index is 0.241. The van der Waals surface area contributed by atoms with E-state index >= 15 is 0 Å². The van der Waals surface area contributed by atoms with Gasteiger partial charge in [0, 0.05) is 0 Å². The first-order valence-electron chi connectivity index (χ1n) is 3.10. The fraction of sp³-hybridized carbons (Fsp3) is 0.667. The van der Waals surface area contributed by atoms with Gasteiger partial charge in [0.15, 0.2) is 0 Å². The Morgan fingerprint density at radius 1 is 1.80 bits per heavy atom. The highest BCUT2D eigenvalue weighted by atomic mass is 31.2. The van der Waals surface area contributed by atoms with Crippen molar-refractivity contribution < 1.29 is 14.0 Å². The molecule has 1 rings (SSSR count). The summed E-state index contributed by atoms with van der Waals surface area (Å²) in [6, 6.07) is 0. The lowest BCUT2D eigenvalue weighted by molar-refractivity contribution is 0.190. The first-order chi connectivity index (χ1) is 4.64. The number of terminal acetylenes is 1. The molecule has 2 unspecified atom stereocenters. The highest BCUT2D eigenvalue weighted by molar-refractivity contribution is 7.52. The summed E-state index contributed by atoms with van der Waals surface area (Å²) >= 11 is 0. The van der Waals surface area contributed by atoms with Crippen LogP contribution in [0.4, 0.5) is 0 Å². The molecule has 2 atom stereocenters. The zero-order valence-electron chi connectivity index (χ0n) is 5.49. The van der Waals surface area contributed by atoms with E-state index in [9.17, 15) is 4.57 Å². The maximum atomic E-state index is 10.8. The summed E-state index contributed by atoms with van der Waals surface area (Å²) in [5.74, 6) is 2.31. The molecule has 0 aliphatic carbocycles. The van der Waals surface area contributed by atoms with Crippen molar-refractivity contribution in [3.63, 3.8) is 0 Å². The summed E-state index contributed by atoms with van der Waals surface area (Å²) in [4.78, 5) is 8.91. The van der Waals surface area contributed by atoms with Gasteiger partial charge >= 0.3 is 7.60 Å². The summed E-state index contributed by atoms with van der Waals surface area (Å²) in [5, 5.41) is 0. The molecule has 1 aliphatic heterocycles. The van der Waals surface area contributed by atoms with Crippen molar-refractivity contribution in [2.45, 2.75) is 18.9 Å². The molecule has 1 aliphatic rings. The van der Waals surface area contributed by atoms with E-state index in [1.807, 2.05) is 0 Å². The minimum Gasteiger partial charge on any atom is -0.324 e. The Morgan fingerprint density at radius 3 is 2.90 bits per heavy atom. The Hall–Kier alpha value is -0.290. The quantitative estimate of drug-likeness (QED) is 0.424. The summed E-state index contributed by atoms with van der Waals surface area (Å²) in [7, 11) is -3.30. The molecule has 1 fully saturated rings. The number of rotatable bonds is 0. The van der Waals surface area contributed by atoms with Crippen LogP contribution in [0.2, 0.25) is 0 Å². The lowest BCUT2D eigenvalue weighted by Gasteiger charge is -2.21. The molecular weight excluding hydrogens is 151 g/mol. The van der Waals surface area contributed by atoms with Crippen molar-refractivity contribution in [1.82, 2.24) is 0 Å². The zero-order chi connectivity index (χ0) is 7.61. The summed E-state index contributed by atoms with van der Waals surface area (Å²) in [5.41, 5.74) is 0. The molecule has 0 amide bonds. The third-order valence-electron chi connectivity index (χ3n) is 1.38. The van der Waals surface area contributed by atoms with Gasteiger partial charge < -0.3 is 4.89 Å². The van der Waals surface area contributed by atoms with Gasteiger partial charge in [-0.25, -0.2) is 0 Å². The summed E-state index contributed by atoms with van der Waals surface area (Å²) in [6.45, 7) is 0. The molecule has 0 bridgehead atoms. The molecule has 4 heteroatoms. The van der Waals surface area contributed by atoms with E-state index in [-0.39, 0.29) is 6.16 Å². The van der Waals surface area contributed by atoms with E-state index in [0.717, 1.165) is 0 Å². The molecule has 3 nitrogen and oxygen atoms in total. The van der Waals surface area contributed by atoms with Gasteiger partial charge in [-0.1, -0.05) is 5.92 Å². The lowest BCUT2D eigenvalue weighted by atomic mass is 10.2. The molecule has 0 aromatic heterocycles. The van der Waals surface area contributed by atoms with Crippen LogP contribution in [0.25, 0.3) is 0 Å². The average molecular weight is 160 g/mol. The largest absolute Gasteiger partial charge is 0.329 e. The predicted molar refractivity (Wildman–Crippen MR) is 37.6 cm³/mol. The van der Waals surface area contributed by atoms with E-state index in [1.165, 1.54) is 0 Å². The molecule has 0 aromatic carbocycles. The summed E-state index contributed by atoms with van der Waals surface area (Å²) in [6.07, 6.45) is 6.18. The maximum absolute atomic E-state index is 10.8. The monoisotopic (exact) mass is 160 g/mol. The van der Waals surface area contributed by atoms with Gasteiger partial charge in [-0.05, 0) is 12.8 Å². The van der Waals surface area contributed by atoms with E-state index < -0.39 is 13.7 Å². The Kier molecular flexibility index (Phi) is 2.15. The molecule has 0 aromatic rings. The highest BCUT2D eigenvalue weighted by Crippen LogP contribution is 2.47. The van der Waals surface area contributed by atoms with E-state index in [4.69, 9.17) is 15.8 Å². The van der Waals surface area contributed by atoms with Gasteiger partial charge in [-0.15, -0.1) is 6.42 Å². The minimum atomic E-state index is -3.30. The molecule has 0 radical (unpaired) electrons. The van der Waals surface area contributed by atoms with Gasteiger partial charge in [0.1, 0.15) is 6.10 Å². The number of hydrogen-bond acceptors (Lipinski definition) is 2. The molecule has 10 heavy (non-hydrogen) atoms. The van der Waals surface area contributed by atoms with Gasteiger partial charge in [-0.2, -0.15) is 0 Å². The van der Waals surface area contributed by atoms with Crippen molar-refractivity contribution in [3.05, 3.63) is 0 Å². The Morgan fingerprint density at radius 2 is 2.50 bits per heavy atom. The second-order valence-corrected chi connectivity index (χ2v) is 4.20. The van der Waals surface area contributed by atoms with Crippen molar-refractivity contribution in [2.75, 3.05) is 6.16 Å². The van der Waals surface area contributed by atoms with Crippen LogP contribution in [0.5, 0.6) is 0 Å². The lowest BCUT2D eigenvalue weighted by Crippen LogP contribution is -2.15. The predicted octanol–water partition coefficient (Wildman–Crippen LogP) is 0.984. The van der Waals surface area contributed by atoms with E-state index in [0.29, 0.717) is 12.8 Å². The van der Waals surface area contributed by atoms with Crippen LogP contribution in [0.3, 0.4) is 0 Å². The van der Waals surface area contributed by atoms with E-state index in [2.05, 4.69) is 5.92 Å². The number of hydrogen-bond donors (Lipinski definition) is 1. The smallest absolute Gasteiger partial charge is 0.324 e. The molecule has 56 valence electrons. The average Bonchev–Trinajstić information content (AvgIpc) is 1.86. The van der Waals surface area contributed by atoms with Crippen molar-refractivity contribution in [2.24, 2.45) is 0 Å². The Labute approximate surface area is 59.9 Å². The molecule has 1 heterocycles.